The van der Waals surface area contributed by atoms with Crippen LogP contribution in [0.2, 0.25) is 0 Å². The van der Waals surface area contributed by atoms with Crippen LogP contribution >= 0.6 is 11.8 Å². The molecule has 2 N–H and O–H groups in total. The number of anilines is 1. The van der Waals surface area contributed by atoms with E-state index in [1.54, 1.807) is 11.8 Å². The minimum atomic E-state index is -1.17. The number of nitro benzene ring substituents is 1. The number of carboxylic acid groups (broad SMARTS) is 1. The minimum Gasteiger partial charge on any atom is -0.478 e. The smallest absolute Gasteiger partial charge is 0.338 e. The molecule has 0 radical (unpaired) electrons. The molecule has 1 aromatic carbocycles. The minimum absolute atomic E-state index is 0.0756. The van der Waals surface area contributed by atoms with Crippen molar-refractivity contribution in [2.75, 3.05) is 23.9 Å². The van der Waals surface area contributed by atoms with E-state index < -0.39 is 10.9 Å². The Balaban J connectivity index is 2.83. The SMILES string of the molecule is CSCCCNc1ccc([N+](=O)[O-])cc1C(=O)O. The van der Waals surface area contributed by atoms with Gasteiger partial charge in [-0.1, -0.05) is 0 Å². The Bertz CT molecular complexity index is 451. The van der Waals surface area contributed by atoms with Gasteiger partial charge in [0.05, 0.1) is 10.5 Å². The molecule has 0 aromatic heterocycles. The summed E-state index contributed by atoms with van der Waals surface area (Å²) in [6.45, 7) is 0.638. The number of carboxylic acids is 1. The van der Waals surface area contributed by atoms with Crippen molar-refractivity contribution in [1.82, 2.24) is 0 Å². The monoisotopic (exact) mass is 270 g/mol. The second-order valence-corrected chi connectivity index (χ2v) is 4.55. The topological polar surface area (TPSA) is 92.5 Å². The molecule has 0 spiro atoms. The van der Waals surface area contributed by atoms with Crippen molar-refractivity contribution in [2.45, 2.75) is 6.42 Å². The molecule has 0 saturated heterocycles. The van der Waals surface area contributed by atoms with Gasteiger partial charge in [-0.3, -0.25) is 10.1 Å². The highest BCUT2D eigenvalue weighted by Crippen LogP contribution is 2.22. The van der Waals surface area contributed by atoms with Gasteiger partial charge >= 0.3 is 5.97 Å². The number of benzene rings is 1. The van der Waals surface area contributed by atoms with Crippen molar-refractivity contribution in [2.24, 2.45) is 0 Å². The van der Waals surface area contributed by atoms with Crippen LogP contribution in [-0.4, -0.2) is 34.6 Å². The van der Waals surface area contributed by atoms with Gasteiger partial charge in [0, 0.05) is 24.4 Å². The maximum Gasteiger partial charge on any atom is 0.338 e. The van der Waals surface area contributed by atoms with E-state index in [0.29, 0.717) is 12.2 Å². The number of hydrogen-bond acceptors (Lipinski definition) is 5. The van der Waals surface area contributed by atoms with Crippen LogP contribution in [0.5, 0.6) is 0 Å². The van der Waals surface area contributed by atoms with Crippen LogP contribution in [0.4, 0.5) is 11.4 Å². The van der Waals surface area contributed by atoms with Gasteiger partial charge in [0.1, 0.15) is 0 Å². The van der Waals surface area contributed by atoms with Gasteiger partial charge in [0.25, 0.3) is 5.69 Å². The summed E-state index contributed by atoms with van der Waals surface area (Å²) in [4.78, 5) is 21.0. The normalized spacial score (nSPS) is 10.1. The average molecular weight is 270 g/mol. The number of thioether (sulfide) groups is 1. The lowest BCUT2D eigenvalue weighted by Crippen LogP contribution is -2.08. The van der Waals surface area contributed by atoms with E-state index in [9.17, 15) is 14.9 Å². The van der Waals surface area contributed by atoms with Gasteiger partial charge in [0.2, 0.25) is 0 Å². The van der Waals surface area contributed by atoms with E-state index in [2.05, 4.69) is 5.32 Å². The van der Waals surface area contributed by atoms with Crippen LogP contribution in [-0.2, 0) is 0 Å². The zero-order valence-electron chi connectivity index (χ0n) is 9.88. The number of carbonyl (C=O) groups is 1. The Morgan fingerprint density at radius 3 is 2.83 bits per heavy atom. The molecular weight excluding hydrogens is 256 g/mol. The zero-order chi connectivity index (χ0) is 13.5. The number of nitro groups is 1. The molecule has 0 amide bonds. The molecule has 0 aliphatic carbocycles. The van der Waals surface area contributed by atoms with Gasteiger partial charge in [-0.2, -0.15) is 11.8 Å². The van der Waals surface area contributed by atoms with Crippen molar-refractivity contribution >= 4 is 29.1 Å². The average Bonchev–Trinajstić information content (AvgIpc) is 2.34. The molecule has 0 heterocycles. The fourth-order valence-corrected chi connectivity index (χ4v) is 1.85. The van der Waals surface area contributed by atoms with E-state index >= 15 is 0 Å². The lowest BCUT2D eigenvalue weighted by Gasteiger charge is -2.08. The van der Waals surface area contributed by atoms with E-state index in [1.807, 2.05) is 6.26 Å². The van der Waals surface area contributed by atoms with Crippen LogP contribution in [0.15, 0.2) is 18.2 Å². The summed E-state index contributed by atoms with van der Waals surface area (Å²) in [7, 11) is 0. The van der Waals surface area contributed by atoms with E-state index in [0.717, 1.165) is 18.2 Å². The first-order chi connectivity index (χ1) is 8.56. The maximum atomic E-state index is 11.0. The number of nitrogens with zero attached hydrogens (tertiary/aromatic N) is 1. The van der Waals surface area contributed by atoms with Gasteiger partial charge in [-0.05, 0) is 24.5 Å². The molecule has 0 aliphatic rings. The predicted octanol–water partition coefficient (Wildman–Crippen LogP) is 2.46. The lowest BCUT2D eigenvalue weighted by molar-refractivity contribution is -0.384. The Hall–Kier alpha value is -1.76. The van der Waals surface area contributed by atoms with Crippen molar-refractivity contribution < 1.29 is 14.8 Å². The Morgan fingerprint density at radius 1 is 1.56 bits per heavy atom. The van der Waals surface area contributed by atoms with Crippen LogP contribution < -0.4 is 5.32 Å². The van der Waals surface area contributed by atoms with E-state index in [-0.39, 0.29) is 11.3 Å². The third-order valence-corrected chi connectivity index (χ3v) is 2.98. The summed E-state index contributed by atoms with van der Waals surface area (Å²) >= 11 is 1.71. The maximum absolute atomic E-state index is 11.0. The van der Waals surface area contributed by atoms with Crippen LogP contribution in [0.1, 0.15) is 16.8 Å². The zero-order valence-corrected chi connectivity index (χ0v) is 10.7. The summed E-state index contributed by atoms with van der Waals surface area (Å²) in [5.74, 6) is -0.200. The van der Waals surface area contributed by atoms with E-state index in [1.165, 1.54) is 12.1 Å². The van der Waals surface area contributed by atoms with Crippen molar-refractivity contribution in [3.8, 4) is 0 Å². The molecule has 0 unspecified atom stereocenters. The third kappa shape index (κ3) is 3.92. The number of rotatable bonds is 7. The van der Waals surface area contributed by atoms with E-state index in [4.69, 9.17) is 5.11 Å². The molecule has 0 aliphatic heterocycles. The summed E-state index contributed by atoms with van der Waals surface area (Å²) < 4.78 is 0. The fraction of sp³-hybridized carbons (Fsp3) is 0.364. The molecule has 0 fully saturated rings. The summed E-state index contributed by atoms with van der Waals surface area (Å²) in [6.07, 6.45) is 2.89. The molecule has 0 bridgehead atoms. The highest BCUT2D eigenvalue weighted by Gasteiger charge is 2.15. The number of non-ortho nitro benzene ring substituents is 1. The Kier molecular flexibility index (Phi) is 5.44. The highest BCUT2D eigenvalue weighted by molar-refractivity contribution is 7.98. The largest absolute Gasteiger partial charge is 0.478 e. The van der Waals surface area contributed by atoms with Gasteiger partial charge in [-0.25, -0.2) is 4.79 Å². The molecular formula is C11H14N2O4S. The number of hydrogen-bond donors (Lipinski definition) is 2. The first-order valence-corrected chi connectivity index (χ1v) is 6.70. The highest BCUT2D eigenvalue weighted by atomic mass is 32.2. The second-order valence-electron chi connectivity index (χ2n) is 3.57. The molecule has 0 saturated carbocycles. The van der Waals surface area contributed by atoms with Gasteiger partial charge in [-0.15, -0.1) is 0 Å². The number of aromatic carboxylic acids is 1. The molecule has 18 heavy (non-hydrogen) atoms. The van der Waals surface area contributed by atoms with Gasteiger partial charge < -0.3 is 10.4 Å². The quantitative estimate of drug-likeness (QED) is 0.449. The summed E-state index contributed by atoms with van der Waals surface area (Å²) in [5.41, 5.74) is 0.115. The number of nitrogens with one attached hydrogen (secondary N) is 1. The fourth-order valence-electron chi connectivity index (χ4n) is 1.42. The van der Waals surface area contributed by atoms with Crippen LogP contribution in [0.3, 0.4) is 0 Å². The molecule has 7 heteroatoms. The molecule has 1 rings (SSSR count). The first-order valence-electron chi connectivity index (χ1n) is 5.30. The van der Waals surface area contributed by atoms with Crippen LogP contribution in [0, 0.1) is 10.1 Å². The van der Waals surface area contributed by atoms with Crippen molar-refractivity contribution in [1.29, 1.82) is 0 Å². The summed E-state index contributed by atoms with van der Waals surface area (Å²) in [5, 5.41) is 22.6. The lowest BCUT2D eigenvalue weighted by atomic mass is 10.1. The molecule has 6 nitrogen and oxygen atoms in total. The second kappa shape index (κ2) is 6.85. The predicted molar refractivity (Wildman–Crippen MR) is 71.5 cm³/mol. The standard InChI is InChI=1S/C11H14N2O4S/c1-18-6-2-5-12-10-4-3-8(13(16)17)7-9(10)11(14)15/h3-4,7,12H,2,5-6H2,1H3,(H,14,15). The Labute approximate surface area is 109 Å². The third-order valence-electron chi connectivity index (χ3n) is 2.29. The van der Waals surface area contributed by atoms with Crippen molar-refractivity contribution in [3.63, 3.8) is 0 Å². The molecule has 98 valence electrons. The Morgan fingerprint density at radius 2 is 2.28 bits per heavy atom. The van der Waals surface area contributed by atoms with Gasteiger partial charge in [0.15, 0.2) is 0 Å². The molecule has 0 atom stereocenters. The van der Waals surface area contributed by atoms with Crippen molar-refractivity contribution in [3.05, 3.63) is 33.9 Å². The molecule has 1 aromatic rings. The first kappa shape index (κ1) is 14.3. The summed E-state index contributed by atoms with van der Waals surface area (Å²) in [6, 6.07) is 3.79. The van der Waals surface area contributed by atoms with Crippen LogP contribution in [0.25, 0.3) is 0 Å².